The van der Waals surface area contributed by atoms with Crippen molar-refractivity contribution in [3.63, 3.8) is 0 Å². The second-order valence-corrected chi connectivity index (χ2v) is 2.89. The second kappa shape index (κ2) is 3.94. The molecular formula is C7H8NO2P. The zero-order valence-electron chi connectivity index (χ0n) is 5.86. The van der Waals surface area contributed by atoms with Crippen LogP contribution in [0.1, 0.15) is 0 Å². The summed E-state index contributed by atoms with van der Waals surface area (Å²) in [5, 5.41) is 0. The molecule has 1 aromatic rings. The molecule has 0 aromatic heterocycles. The van der Waals surface area contributed by atoms with E-state index in [0.717, 1.165) is 0 Å². The van der Waals surface area contributed by atoms with Gasteiger partial charge in [0.15, 0.2) is 0 Å². The van der Waals surface area contributed by atoms with E-state index in [-0.39, 0.29) is 0 Å². The van der Waals surface area contributed by atoms with Gasteiger partial charge in [-0.3, -0.25) is 4.57 Å². The SMILES string of the molecule is C=N[PH](=O)Oc1ccccc1. The van der Waals surface area contributed by atoms with E-state index in [0.29, 0.717) is 5.75 Å². The van der Waals surface area contributed by atoms with Crippen molar-refractivity contribution in [1.82, 2.24) is 0 Å². The lowest BCUT2D eigenvalue weighted by atomic mass is 10.3. The fourth-order valence-electron chi connectivity index (χ4n) is 0.622. The molecule has 58 valence electrons. The maximum Gasteiger partial charge on any atom is 0.349 e. The number of para-hydroxylation sites is 1. The van der Waals surface area contributed by atoms with E-state index in [1.54, 1.807) is 24.3 Å². The second-order valence-electron chi connectivity index (χ2n) is 1.84. The van der Waals surface area contributed by atoms with Gasteiger partial charge in [-0.15, -0.1) is 0 Å². The van der Waals surface area contributed by atoms with E-state index in [9.17, 15) is 4.57 Å². The summed E-state index contributed by atoms with van der Waals surface area (Å²) in [5.74, 6) is 0.559. The lowest BCUT2D eigenvalue weighted by molar-refractivity contribution is 0.507. The molecule has 0 saturated heterocycles. The average molecular weight is 169 g/mol. The molecule has 0 aliphatic rings. The fraction of sp³-hybridized carbons (Fsp3) is 0. The maximum atomic E-state index is 10.7. The van der Waals surface area contributed by atoms with Crippen LogP contribution in [-0.2, 0) is 4.57 Å². The quantitative estimate of drug-likeness (QED) is 0.513. The van der Waals surface area contributed by atoms with Gasteiger partial charge in [0.25, 0.3) is 0 Å². The Morgan fingerprint density at radius 1 is 1.36 bits per heavy atom. The summed E-state index contributed by atoms with van der Waals surface area (Å²) in [5.41, 5.74) is 0. The van der Waals surface area contributed by atoms with E-state index in [4.69, 9.17) is 4.52 Å². The van der Waals surface area contributed by atoms with Crippen LogP contribution in [0.5, 0.6) is 5.75 Å². The molecule has 11 heavy (non-hydrogen) atoms. The normalized spacial score (nSPS) is 12.0. The van der Waals surface area contributed by atoms with Crippen LogP contribution >= 0.6 is 8.18 Å². The number of nitrogens with zero attached hydrogens (tertiary/aromatic N) is 1. The third-order valence-corrected chi connectivity index (χ3v) is 1.75. The van der Waals surface area contributed by atoms with Crippen LogP contribution in [0.2, 0.25) is 0 Å². The molecular weight excluding hydrogens is 161 g/mol. The zero-order valence-corrected chi connectivity index (χ0v) is 6.86. The van der Waals surface area contributed by atoms with Crippen LogP contribution in [0.25, 0.3) is 0 Å². The molecule has 0 bridgehead atoms. The van der Waals surface area contributed by atoms with Gasteiger partial charge >= 0.3 is 8.18 Å². The smallest absolute Gasteiger partial charge is 0.349 e. The Hall–Kier alpha value is -1.08. The molecule has 0 saturated carbocycles. The van der Waals surface area contributed by atoms with Gasteiger partial charge in [0.05, 0.1) is 0 Å². The largest absolute Gasteiger partial charge is 0.430 e. The third-order valence-electron chi connectivity index (χ3n) is 1.08. The standard InChI is InChI=1S/C7H8NO2P/c1-8-11(9)10-7-5-3-2-4-6-7/h2-6,11H,1H2. The molecule has 1 rings (SSSR count). The monoisotopic (exact) mass is 169 g/mol. The van der Waals surface area contributed by atoms with Gasteiger partial charge in [0, 0.05) is 0 Å². The van der Waals surface area contributed by atoms with E-state index < -0.39 is 8.18 Å². The van der Waals surface area contributed by atoms with Crippen LogP contribution in [-0.4, -0.2) is 6.72 Å². The van der Waals surface area contributed by atoms with Gasteiger partial charge in [-0.1, -0.05) is 18.2 Å². The van der Waals surface area contributed by atoms with Crippen LogP contribution < -0.4 is 4.52 Å². The summed E-state index contributed by atoms with van der Waals surface area (Å²) in [7, 11) is -2.32. The van der Waals surface area contributed by atoms with Gasteiger partial charge in [0.1, 0.15) is 5.75 Å². The summed E-state index contributed by atoms with van der Waals surface area (Å²) in [6, 6.07) is 8.88. The van der Waals surface area contributed by atoms with Crippen molar-refractivity contribution in [3.05, 3.63) is 30.3 Å². The predicted molar refractivity (Wildman–Crippen MR) is 45.6 cm³/mol. The highest BCUT2D eigenvalue weighted by atomic mass is 31.1. The minimum Gasteiger partial charge on any atom is -0.430 e. The summed E-state index contributed by atoms with van der Waals surface area (Å²) in [6.45, 7) is 3.11. The van der Waals surface area contributed by atoms with Crippen molar-refractivity contribution < 1.29 is 9.09 Å². The first-order valence-electron chi connectivity index (χ1n) is 3.06. The Balaban J connectivity index is 2.65. The van der Waals surface area contributed by atoms with Crippen molar-refractivity contribution in [3.8, 4) is 5.75 Å². The molecule has 0 spiro atoms. The Morgan fingerprint density at radius 2 is 2.00 bits per heavy atom. The molecule has 0 heterocycles. The molecule has 0 amide bonds. The van der Waals surface area contributed by atoms with Crippen molar-refractivity contribution in [2.75, 3.05) is 0 Å². The topological polar surface area (TPSA) is 38.7 Å². The van der Waals surface area contributed by atoms with Gasteiger partial charge < -0.3 is 4.52 Å². The van der Waals surface area contributed by atoms with Gasteiger partial charge in [-0.25, -0.2) is 4.76 Å². The minimum absolute atomic E-state index is 0.559. The predicted octanol–water partition coefficient (Wildman–Crippen LogP) is 2.16. The molecule has 0 aliphatic carbocycles. The third kappa shape index (κ3) is 2.56. The lowest BCUT2D eigenvalue weighted by Crippen LogP contribution is -1.76. The highest BCUT2D eigenvalue weighted by Crippen LogP contribution is 2.26. The van der Waals surface area contributed by atoms with Crippen molar-refractivity contribution in [2.45, 2.75) is 0 Å². The number of rotatable bonds is 3. The summed E-state index contributed by atoms with van der Waals surface area (Å²) < 4.78 is 18.9. The van der Waals surface area contributed by atoms with Gasteiger partial charge in [0.2, 0.25) is 0 Å². The molecule has 4 heteroatoms. The average Bonchev–Trinajstić information content (AvgIpc) is 2.06. The Bertz CT molecular complexity index is 260. The molecule has 0 fully saturated rings. The Labute approximate surface area is 65.7 Å². The fourth-order valence-corrected chi connectivity index (χ4v) is 1.02. The molecule has 1 aromatic carbocycles. The number of benzene rings is 1. The molecule has 3 nitrogen and oxygen atoms in total. The first-order valence-corrected chi connectivity index (χ1v) is 4.33. The van der Waals surface area contributed by atoms with E-state index in [2.05, 4.69) is 11.5 Å². The summed E-state index contributed by atoms with van der Waals surface area (Å²) in [6.07, 6.45) is 0. The molecule has 1 atom stereocenters. The van der Waals surface area contributed by atoms with E-state index in [1.807, 2.05) is 6.07 Å². The minimum atomic E-state index is -2.32. The molecule has 1 unspecified atom stereocenters. The van der Waals surface area contributed by atoms with Crippen LogP contribution in [0, 0.1) is 0 Å². The Kier molecular flexibility index (Phi) is 2.87. The van der Waals surface area contributed by atoms with Crippen molar-refractivity contribution in [1.29, 1.82) is 0 Å². The van der Waals surface area contributed by atoms with Gasteiger partial charge in [-0.2, -0.15) is 0 Å². The highest BCUT2D eigenvalue weighted by Gasteiger charge is 1.94. The van der Waals surface area contributed by atoms with Crippen LogP contribution in [0.3, 0.4) is 0 Å². The van der Waals surface area contributed by atoms with E-state index in [1.165, 1.54) is 0 Å². The first-order chi connectivity index (χ1) is 5.33. The van der Waals surface area contributed by atoms with Crippen LogP contribution in [0.4, 0.5) is 0 Å². The molecule has 0 aliphatic heterocycles. The zero-order chi connectivity index (χ0) is 8.10. The van der Waals surface area contributed by atoms with Gasteiger partial charge in [-0.05, 0) is 18.9 Å². The first kappa shape index (κ1) is 8.02. The molecule has 0 radical (unpaired) electrons. The highest BCUT2D eigenvalue weighted by molar-refractivity contribution is 7.38. The van der Waals surface area contributed by atoms with E-state index >= 15 is 0 Å². The molecule has 0 N–H and O–H groups in total. The van der Waals surface area contributed by atoms with Crippen LogP contribution in [0.15, 0.2) is 35.1 Å². The van der Waals surface area contributed by atoms with Crippen molar-refractivity contribution in [2.24, 2.45) is 4.76 Å². The van der Waals surface area contributed by atoms with Crippen molar-refractivity contribution >= 4 is 14.9 Å². The summed E-state index contributed by atoms with van der Waals surface area (Å²) in [4.78, 5) is 0. The summed E-state index contributed by atoms with van der Waals surface area (Å²) >= 11 is 0. The maximum absolute atomic E-state index is 10.7. The Morgan fingerprint density at radius 3 is 2.55 bits per heavy atom. The number of hydrogen-bond donors (Lipinski definition) is 0. The number of hydrogen-bond acceptors (Lipinski definition) is 2. The lowest BCUT2D eigenvalue weighted by Gasteiger charge is -1.99.